The summed E-state index contributed by atoms with van der Waals surface area (Å²) in [5.74, 6) is -0.0197. The first-order valence-electron chi connectivity index (χ1n) is 8.87. The van der Waals surface area contributed by atoms with Gasteiger partial charge in [0.15, 0.2) is 0 Å². The molecule has 2 rings (SSSR count). The predicted molar refractivity (Wildman–Crippen MR) is 103 cm³/mol. The summed E-state index contributed by atoms with van der Waals surface area (Å²) in [7, 11) is -3.43. The number of hydrogen-bond acceptors (Lipinski definition) is 3. The number of carbonyl (C=O) groups excluding carboxylic acids is 1. The number of sulfonamides is 1. The lowest BCUT2D eigenvalue weighted by Crippen LogP contribution is -2.30. The van der Waals surface area contributed by atoms with Crippen LogP contribution in [0.2, 0.25) is 0 Å². The highest BCUT2D eigenvalue weighted by Gasteiger charge is 2.21. The molecule has 0 unspecified atom stereocenters. The highest BCUT2D eigenvalue weighted by atomic mass is 32.2. The largest absolute Gasteiger partial charge is 0.352 e. The Morgan fingerprint density at radius 1 is 0.923 bits per heavy atom. The first kappa shape index (κ1) is 20.1. The van der Waals surface area contributed by atoms with Crippen LogP contribution in [-0.4, -0.2) is 31.7 Å². The van der Waals surface area contributed by atoms with Crippen molar-refractivity contribution >= 4 is 15.9 Å². The Morgan fingerprint density at radius 2 is 1.54 bits per heavy atom. The average molecular weight is 375 g/mol. The predicted octanol–water partition coefficient (Wildman–Crippen LogP) is 2.97. The van der Waals surface area contributed by atoms with E-state index in [0.717, 1.165) is 11.1 Å². The standard InChI is InChI=1S/C20H26N2O3S/c1-3-22(4-2)26(24,25)19-13-10-17(11-14-19)12-15-20(23)21-16-18-8-6-5-7-9-18/h5-11,13-14H,3-4,12,15-16H2,1-2H3,(H,21,23). The molecule has 0 radical (unpaired) electrons. The first-order valence-corrected chi connectivity index (χ1v) is 10.3. The number of benzene rings is 2. The first-order chi connectivity index (χ1) is 12.5. The van der Waals surface area contributed by atoms with Crippen molar-refractivity contribution in [1.82, 2.24) is 9.62 Å². The molecule has 2 aromatic carbocycles. The maximum absolute atomic E-state index is 12.5. The zero-order valence-corrected chi connectivity index (χ0v) is 16.1. The van der Waals surface area contributed by atoms with Crippen molar-refractivity contribution in [3.8, 4) is 0 Å². The van der Waals surface area contributed by atoms with Gasteiger partial charge in [0.1, 0.15) is 0 Å². The van der Waals surface area contributed by atoms with Crippen LogP contribution < -0.4 is 5.32 Å². The van der Waals surface area contributed by atoms with Crippen LogP contribution in [0.1, 0.15) is 31.4 Å². The molecule has 2 aromatic rings. The molecule has 0 atom stereocenters. The smallest absolute Gasteiger partial charge is 0.243 e. The summed E-state index contributed by atoms with van der Waals surface area (Å²) in [6, 6.07) is 16.5. The fourth-order valence-corrected chi connectivity index (χ4v) is 4.14. The second-order valence-electron chi connectivity index (χ2n) is 6.00. The van der Waals surface area contributed by atoms with Gasteiger partial charge in [-0.25, -0.2) is 8.42 Å². The van der Waals surface area contributed by atoms with Gasteiger partial charge in [-0.1, -0.05) is 56.3 Å². The fraction of sp³-hybridized carbons (Fsp3) is 0.350. The van der Waals surface area contributed by atoms with E-state index in [1.807, 2.05) is 44.2 Å². The van der Waals surface area contributed by atoms with Crippen LogP contribution in [-0.2, 0) is 27.8 Å². The van der Waals surface area contributed by atoms with E-state index >= 15 is 0 Å². The van der Waals surface area contributed by atoms with Gasteiger partial charge >= 0.3 is 0 Å². The van der Waals surface area contributed by atoms with Crippen LogP contribution in [0.3, 0.4) is 0 Å². The van der Waals surface area contributed by atoms with Crippen LogP contribution in [0.25, 0.3) is 0 Å². The molecule has 140 valence electrons. The summed E-state index contributed by atoms with van der Waals surface area (Å²) in [4.78, 5) is 12.3. The number of amides is 1. The van der Waals surface area contributed by atoms with E-state index in [1.165, 1.54) is 4.31 Å². The van der Waals surface area contributed by atoms with Crippen molar-refractivity contribution in [2.45, 2.75) is 38.1 Å². The third-order valence-corrected chi connectivity index (χ3v) is 6.30. The minimum atomic E-state index is -3.43. The molecule has 1 N–H and O–H groups in total. The molecule has 0 aliphatic heterocycles. The van der Waals surface area contributed by atoms with E-state index in [9.17, 15) is 13.2 Å². The molecule has 0 aromatic heterocycles. The van der Waals surface area contributed by atoms with Gasteiger partial charge in [0.25, 0.3) is 0 Å². The molecule has 5 nitrogen and oxygen atoms in total. The average Bonchev–Trinajstić information content (AvgIpc) is 2.66. The lowest BCUT2D eigenvalue weighted by atomic mass is 10.1. The van der Waals surface area contributed by atoms with Crippen molar-refractivity contribution in [1.29, 1.82) is 0 Å². The van der Waals surface area contributed by atoms with E-state index < -0.39 is 10.0 Å². The Kier molecular flexibility index (Phi) is 7.36. The van der Waals surface area contributed by atoms with Gasteiger partial charge in [-0.2, -0.15) is 4.31 Å². The zero-order chi connectivity index (χ0) is 19.0. The number of carbonyl (C=O) groups is 1. The molecular formula is C20H26N2O3S. The number of nitrogens with one attached hydrogen (secondary N) is 1. The molecular weight excluding hydrogens is 348 g/mol. The van der Waals surface area contributed by atoms with Crippen LogP contribution in [0.15, 0.2) is 59.5 Å². The van der Waals surface area contributed by atoms with Gasteiger partial charge in [0.2, 0.25) is 15.9 Å². The van der Waals surface area contributed by atoms with E-state index in [1.54, 1.807) is 24.3 Å². The van der Waals surface area contributed by atoms with Gasteiger partial charge in [-0.15, -0.1) is 0 Å². The maximum Gasteiger partial charge on any atom is 0.243 e. The van der Waals surface area contributed by atoms with Crippen molar-refractivity contribution in [3.63, 3.8) is 0 Å². The lowest BCUT2D eigenvalue weighted by Gasteiger charge is -2.18. The highest BCUT2D eigenvalue weighted by Crippen LogP contribution is 2.16. The van der Waals surface area contributed by atoms with E-state index in [0.29, 0.717) is 37.4 Å². The molecule has 0 aliphatic carbocycles. The van der Waals surface area contributed by atoms with Crippen molar-refractivity contribution < 1.29 is 13.2 Å². The van der Waals surface area contributed by atoms with Crippen LogP contribution >= 0.6 is 0 Å². The minimum absolute atomic E-state index is 0.0197. The van der Waals surface area contributed by atoms with Crippen LogP contribution in [0.5, 0.6) is 0 Å². The van der Waals surface area contributed by atoms with E-state index in [-0.39, 0.29) is 5.91 Å². The third kappa shape index (κ3) is 5.41. The topological polar surface area (TPSA) is 66.5 Å². The summed E-state index contributed by atoms with van der Waals surface area (Å²) in [5, 5.41) is 2.89. The molecule has 6 heteroatoms. The second kappa shape index (κ2) is 9.50. The molecule has 1 amide bonds. The van der Waals surface area contributed by atoms with Gasteiger partial charge < -0.3 is 5.32 Å². The maximum atomic E-state index is 12.5. The Balaban J connectivity index is 1.88. The van der Waals surface area contributed by atoms with Gasteiger partial charge in [-0.3, -0.25) is 4.79 Å². The fourth-order valence-electron chi connectivity index (χ4n) is 2.68. The van der Waals surface area contributed by atoms with Crippen LogP contribution in [0.4, 0.5) is 0 Å². The molecule has 0 saturated carbocycles. The van der Waals surface area contributed by atoms with Gasteiger partial charge in [-0.05, 0) is 29.7 Å². The molecule has 0 aliphatic rings. The quantitative estimate of drug-likeness (QED) is 0.734. The Hall–Kier alpha value is -2.18. The van der Waals surface area contributed by atoms with Crippen molar-refractivity contribution in [3.05, 3.63) is 65.7 Å². The molecule has 26 heavy (non-hydrogen) atoms. The summed E-state index contributed by atoms with van der Waals surface area (Å²) in [6.07, 6.45) is 0.946. The monoisotopic (exact) mass is 374 g/mol. The second-order valence-corrected chi connectivity index (χ2v) is 7.93. The molecule has 0 heterocycles. The SMILES string of the molecule is CCN(CC)S(=O)(=O)c1ccc(CCC(=O)NCc2ccccc2)cc1. The Morgan fingerprint density at radius 3 is 2.12 bits per heavy atom. The molecule has 0 fully saturated rings. The van der Waals surface area contributed by atoms with Gasteiger partial charge in [0, 0.05) is 26.1 Å². The van der Waals surface area contributed by atoms with E-state index in [2.05, 4.69) is 5.32 Å². The number of hydrogen-bond donors (Lipinski definition) is 1. The van der Waals surface area contributed by atoms with Crippen LogP contribution in [0, 0.1) is 0 Å². The molecule has 0 bridgehead atoms. The molecule has 0 saturated heterocycles. The summed E-state index contributed by atoms with van der Waals surface area (Å²) >= 11 is 0. The normalized spacial score (nSPS) is 11.5. The summed E-state index contributed by atoms with van der Waals surface area (Å²) in [6.45, 7) is 5.05. The lowest BCUT2D eigenvalue weighted by molar-refractivity contribution is -0.121. The Bertz CT molecular complexity index is 799. The third-order valence-electron chi connectivity index (χ3n) is 4.24. The minimum Gasteiger partial charge on any atom is -0.352 e. The van der Waals surface area contributed by atoms with E-state index in [4.69, 9.17) is 0 Å². The number of rotatable bonds is 9. The number of nitrogens with zero attached hydrogens (tertiary/aromatic N) is 1. The van der Waals surface area contributed by atoms with Gasteiger partial charge in [0.05, 0.1) is 4.90 Å². The van der Waals surface area contributed by atoms with Crippen molar-refractivity contribution in [2.24, 2.45) is 0 Å². The highest BCUT2D eigenvalue weighted by molar-refractivity contribution is 7.89. The van der Waals surface area contributed by atoms with Crippen molar-refractivity contribution in [2.75, 3.05) is 13.1 Å². The number of aryl methyl sites for hydroxylation is 1. The summed E-state index contributed by atoms with van der Waals surface area (Å²) in [5.41, 5.74) is 2.00. The summed E-state index contributed by atoms with van der Waals surface area (Å²) < 4.78 is 26.3. The zero-order valence-electron chi connectivity index (χ0n) is 15.3. The molecule has 0 spiro atoms. The Labute approximate surface area is 156 Å².